The first-order valence-corrected chi connectivity index (χ1v) is 4.52. The number of nitrogens with two attached hydrogens (primary N) is 1. The number of hydrogen-bond donors (Lipinski definition) is 1. The fraction of sp³-hybridized carbons (Fsp3) is 0.125. The molecule has 0 amide bonds. The van der Waals surface area contributed by atoms with E-state index < -0.39 is 11.7 Å². The summed E-state index contributed by atoms with van der Waals surface area (Å²) in [5.74, 6) is 0. The zero-order valence-corrected chi connectivity index (χ0v) is 7.62. The van der Waals surface area contributed by atoms with Crippen molar-refractivity contribution in [2.45, 2.75) is 6.18 Å². The number of benzene rings is 1. The summed E-state index contributed by atoms with van der Waals surface area (Å²) < 4.78 is 37.8. The van der Waals surface area contributed by atoms with E-state index in [1.54, 1.807) is 6.07 Å². The monoisotopic (exact) mass is 218 g/mol. The maximum Gasteiger partial charge on any atom is 0.418 e. The van der Waals surface area contributed by atoms with E-state index in [0.717, 1.165) is 17.4 Å². The average Bonchev–Trinajstić information content (AvgIpc) is 2.41. The second kappa shape index (κ2) is 2.84. The lowest BCUT2D eigenvalue weighted by molar-refractivity contribution is -0.136. The highest BCUT2D eigenvalue weighted by molar-refractivity contribution is 7.22. The van der Waals surface area contributed by atoms with Gasteiger partial charge in [-0.05, 0) is 12.1 Å². The summed E-state index contributed by atoms with van der Waals surface area (Å²) in [5, 5.41) is 0.150. The van der Waals surface area contributed by atoms with Crippen molar-refractivity contribution in [1.29, 1.82) is 0 Å². The lowest BCUT2D eigenvalue weighted by Crippen LogP contribution is -2.05. The molecular weight excluding hydrogens is 213 g/mol. The van der Waals surface area contributed by atoms with Crippen molar-refractivity contribution >= 4 is 26.7 Å². The van der Waals surface area contributed by atoms with Crippen molar-refractivity contribution < 1.29 is 13.2 Å². The first-order valence-electron chi connectivity index (χ1n) is 3.71. The fourth-order valence-corrected chi connectivity index (χ4v) is 1.96. The number of rotatable bonds is 0. The van der Waals surface area contributed by atoms with E-state index in [2.05, 4.69) is 4.98 Å². The van der Waals surface area contributed by atoms with Crippen molar-refractivity contribution in [3.63, 3.8) is 0 Å². The first kappa shape index (κ1) is 9.26. The van der Waals surface area contributed by atoms with E-state index in [4.69, 9.17) is 5.73 Å². The Morgan fingerprint density at radius 1 is 1.29 bits per heavy atom. The number of halogens is 3. The van der Waals surface area contributed by atoms with Crippen molar-refractivity contribution in [2.24, 2.45) is 0 Å². The molecule has 0 aliphatic carbocycles. The van der Waals surface area contributed by atoms with Gasteiger partial charge in [-0.1, -0.05) is 17.4 Å². The highest BCUT2D eigenvalue weighted by Gasteiger charge is 2.33. The van der Waals surface area contributed by atoms with Gasteiger partial charge in [0.25, 0.3) is 0 Å². The lowest BCUT2D eigenvalue weighted by atomic mass is 10.2. The van der Waals surface area contributed by atoms with Gasteiger partial charge in [0.05, 0.1) is 15.8 Å². The summed E-state index contributed by atoms with van der Waals surface area (Å²) >= 11 is 1.05. The van der Waals surface area contributed by atoms with Gasteiger partial charge in [-0.2, -0.15) is 13.2 Å². The number of aromatic nitrogens is 1. The minimum Gasteiger partial charge on any atom is -0.375 e. The number of para-hydroxylation sites is 1. The Kier molecular flexibility index (Phi) is 1.88. The maximum absolute atomic E-state index is 12.5. The van der Waals surface area contributed by atoms with Crippen molar-refractivity contribution in [1.82, 2.24) is 4.98 Å². The molecule has 2 rings (SSSR count). The van der Waals surface area contributed by atoms with Crippen LogP contribution in [0.3, 0.4) is 0 Å². The molecule has 2 nitrogen and oxygen atoms in total. The second-order valence-electron chi connectivity index (χ2n) is 2.70. The SMILES string of the molecule is Nc1nc2c(C(F)(F)F)cccc2s1. The van der Waals surface area contributed by atoms with Crippen LogP contribution in [0.15, 0.2) is 18.2 Å². The van der Waals surface area contributed by atoms with Crippen LogP contribution in [-0.2, 0) is 6.18 Å². The summed E-state index contributed by atoms with van der Waals surface area (Å²) in [5.41, 5.74) is 4.54. The molecule has 0 saturated carbocycles. The molecule has 0 saturated heterocycles. The highest BCUT2D eigenvalue weighted by Crippen LogP contribution is 2.36. The van der Waals surface area contributed by atoms with Crippen molar-refractivity contribution in [3.05, 3.63) is 23.8 Å². The number of nitrogens with zero attached hydrogens (tertiary/aromatic N) is 1. The summed E-state index contributed by atoms with van der Waals surface area (Å²) in [4.78, 5) is 3.66. The molecule has 6 heteroatoms. The van der Waals surface area contributed by atoms with Crippen molar-refractivity contribution in [2.75, 3.05) is 5.73 Å². The molecular formula is C8H5F3N2S. The van der Waals surface area contributed by atoms with Gasteiger partial charge in [0.1, 0.15) is 0 Å². The van der Waals surface area contributed by atoms with E-state index in [1.807, 2.05) is 0 Å². The summed E-state index contributed by atoms with van der Waals surface area (Å²) in [6.45, 7) is 0. The van der Waals surface area contributed by atoms with Crippen LogP contribution in [0, 0.1) is 0 Å². The van der Waals surface area contributed by atoms with Gasteiger partial charge in [0.2, 0.25) is 0 Å². The Bertz CT molecular complexity index is 475. The third-order valence-corrected chi connectivity index (χ3v) is 2.59. The fourth-order valence-electron chi connectivity index (χ4n) is 1.19. The maximum atomic E-state index is 12.5. The highest BCUT2D eigenvalue weighted by atomic mass is 32.1. The average molecular weight is 218 g/mol. The van der Waals surface area contributed by atoms with Crippen LogP contribution in [0.25, 0.3) is 10.2 Å². The number of fused-ring (bicyclic) bond motifs is 1. The number of alkyl halides is 3. The molecule has 74 valence electrons. The van der Waals surface area contributed by atoms with E-state index >= 15 is 0 Å². The van der Waals surface area contributed by atoms with Gasteiger partial charge in [0.15, 0.2) is 5.13 Å². The Morgan fingerprint density at radius 2 is 2.00 bits per heavy atom. The first-order chi connectivity index (χ1) is 6.48. The van der Waals surface area contributed by atoms with Gasteiger partial charge < -0.3 is 5.73 Å². The Hall–Kier alpha value is -1.30. The Balaban J connectivity index is 2.77. The molecule has 1 aromatic heterocycles. The van der Waals surface area contributed by atoms with Crippen molar-refractivity contribution in [3.8, 4) is 0 Å². The molecule has 0 bridgehead atoms. The van der Waals surface area contributed by atoms with Crippen LogP contribution in [0.5, 0.6) is 0 Å². The van der Waals surface area contributed by atoms with Crippen LogP contribution in [-0.4, -0.2) is 4.98 Å². The molecule has 0 spiro atoms. The van der Waals surface area contributed by atoms with Gasteiger partial charge in [-0.3, -0.25) is 0 Å². The molecule has 1 aromatic carbocycles. The lowest BCUT2D eigenvalue weighted by Gasteiger charge is -2.05. The van der Waals surface area contributed by atoms with E-state index in [0.29, 0.717) is 4.70 Å². The van der Waals surface area contributed by atoms with E-state index in [-0.39, 0.29) is 10.6 Å². The molecule has 0 radical (unpaired) electrons. The number of anilines is 1. The molecule has 2 N–H and O–H groups in total. The normalized spacial score (nSPS) is 12.2. The minimum atomic E-state index is -4.37. The molecule has 0 atom stereocenters. The van der Waals surface area contributed by atoms with Gasteiger partial charge in [-0.25, -0.2) is 4.98 Å². The number of nitrogen functional groups attached to an aromatic ring is 1. The summed E-state index contributed by atoms with van der Waals surface area (Å²) in [7, 11) is 0. The van der Waals surface area contributed by atoms with Gasteiger partial charge >= 0.3 is 6.18 Å². The predicted octanol–water partition coefficient (Wildman–Crippen LogP) is 2.90. The second-order valence-corrected chi connectivity index (χ2v) is 3.76. The smallest absolute Gasteiger partial charge is 0.375 e. The predicted molar refractivity (Wildman–Crippen MR) is 49.0 cm³/mol. The third-order valence-electron chi connectivity index (χ3n) is 1.74. The molecule has 1 heterocycles. The van der Waals surface area contributed by atoms with E-state index in [1.165, 1.54) is 6.07 Å². The van der Waals surface area contributed by atoms with Crippen LogP contribution in [0.1, 0.15) is 5.56 Å². The number of thiazole rings is 1. The quantitative estimate of drug-likeness (QED) is 0.738. The molecule has 0 fully saturated rings. The van der Waals surface area contributed by atoms with Crippen LogP contribution in [0.2, 0.25) is 0 Å². The van der Waals surface area contributed by atoms with Crippen LogP contribution >= 0.6 is 11.3 Å². The van der Waals surface area contributed by atoms with Crippen LogP contribution in [0.4, 0.5) is 18.3 Å². The Labute approximate surface area is 81.2 Å². The van der Waals surface area contributed by atoms with Gasteiger partial charge in [0, 0.05) is 0 Å². The summed E-state index contributed by atoms with van der Waals surface area (Å²) in [6, 6.07) is 3.92. The standard InChI is InChI=1S/C8H5F3N2S/c9-8(10,11)4-2-1-3-5-6(4)13-7(12)14-5/h1-3H,(H2,12,13). The number of hydrogen-bond acceptors (Lipinski definition) is 3. The van der Waals surface area contributed by atoms with Gasteiger partial charge in [-0.15, -0.1) is 0 Å². The topological polar surface area (TPSA) is 38.9 Å². The molecule has 0 aliphatic rings. The molecule has 14 heavy (non-hydrogen) atoms. The molecule has 2 aromatic rings. The summed E-state index contributed by atoms with van der Waals surface area (Å²) in [6.07, 6.45) is -4.37. The third kappa shape index (κ3) is 1.41. The zero-order chi connectivity index (χ0) is 10.3. The van der Waals surface area contributed by atoms with Crippen LogP contribution < -0.4 is 5.73 Å². The largest absolute Gasteiger partial charge is 0.418 e. The zero-order valence-electron chi connectivity index (χ0n) is 6.80. The molecule has 0 unspecified atom stereocenters. The Morgan fingerprint density at radius 3 is 2.64 bits per heavy atom. The minimum absolute atomic E-state index is 0.0671. The van der Waals surface area contributed by atoms with E-state index in [9.17, 15) is 13.2 Å². The molecule has 0 aliphatic heterocycles.